The van der Waals surface area contributed by atoms with Crippen LogP contribution < -0.4 is 10.6 Å². The fraction of sp³-hybridized carbons (Fsp3) is 0.556. The Bertz CT molecular complexity index is 506. The van der Waals surface area contributed by atoms with Crippen LogP contribution in [0.1, 0.15) is 63.9 Å². The van der Waals surface area contributed by atoms with Gasteiger partial charge in [-0.05, 0) is 42.9 Å². The minimum absolute atomic E-state index is 0.211. The average Bonchev–Trinajstić information content (AvgIpc) is 2.55. The SMILES string of the molecule is CC[C@H](C)c1ccc(NC(=O)C(=S)NC2CCCCC2)cc1. The van der Waals surface area contributed by atoms with Gasteiger partial charge in [0.05, 0.1) is 0 Å². The van der Waals surface area contributed by atoms with Crippen LogP contribution in [0.3, 0.4) is 0 Å². The summed E-state index contributed by atoms with van der Waals surface area (Å²) in [5.74, 6) is 0.329. The summed E-state index contributed by atoms with van der Waals surface area (Å²) in [6, 6.07) is 8.40. The number of carbonyl (C=O) groups is 1. The molecule has 0 radical (unpaired) electrons. The van der Waals surface area contributed by atoms with Crippen molar-refractivity contribution >= 4 is 28.8 Å². The van der Waals surface area contributed by atoms with Gasteiger partial charge in [0.1, 0.15) is 0 Å². The Morgan fingerprint density at radius 1 is 1.23 bits per heavy atom. The molecule has 1 aliphatic rings. The first-order valence-electron chi connectivity index (χ1n) is 8.32. The van der Waals surface area contributed by atoms with Crippen molar-refractivity contribution in [1.29, 1.82) is 0 Å². The van der Waals surface area contributed by atoms with E-state index in [0.717, 1.165) is 24.9 Å². The van der Waals surface area contributed by atoms with Gasteiger partial charge >= 0.3 is 0 Å². The van der Waals surface area contributed by atoms with E-state index >= 15 is 0 Å². The lowest BCUT2D eigenvalue weighted by molar-refractivity contribution is -0.110. The van der Waals surface area contributed by atoms with E-state index in [1.165, 1.54) is 24.8 Å². The number of hydrogen-bond acceptors (Lipinski definition) is 2. The van der Waals surface area contributed by atoms with Crippen molar-refractivity contribution in [2.75, 3.05) is 5.32 Å². The number of hydrogen-bond donors (Lipinski definition) is 2. The van der Waals surface area contributed by atoms with Crippen LogP contribution in [0, 0.1) is 0 Å². The van der Waals surface area contributed by atoms with Gasteiger partial charge in [-0.15, -0.1) is 0 Å². The monoisotopic (exact) mass is 318 g/mol. The zero-order valence-electron chi connectivity index (χ0n) is 13.5. The van der Waals surface area contributed by atoms with Gasteiger partial charge in [-0.1, -0.05) is 57.5 Å². The quantitative estimate of drug-likeness (QED) is 0.809. The van der Waals surface area contributed by atoms with Gasteiger partial charge in [-0.25, -0.2) is 0 Å². The Hall–Kier alpha value is -1.42. The van der Waals surface area contributed by atoms with Crippen LogP contribution in [0.2, 0.25) is 0 Å². The minimum atomic E-state index is -0.211. The summed E-state index contributed by atoms with van der Waals surface area (Å²) in [6.07, 6.45) is 7.06. The third kappa shape index (κ3) is 4.80. The number of carbonyl (C=O) groups excluding carboxylic acids is 1. The van der Waals surface area contributed by atoms with Crippen molar-refractivity contribution in [3.8, 4) is 0 Å². The first-order chi connectivity index (χ1) is 10.6. The van der Waals surface area contributed by atoms with Crippen molar-refractivity contribution < 1.29 is 4.79 Å². The van der Waals surface area contributed by atoms with E-state index in [0.29, 0.717) is 16.9 Å². The molecule has 1 amide bonds. The molecule has 0 spiro atoms. The summed E-state index contributed by atoms with van der Waals surface area (Å²) in [7, 11) is 0. The van der Waals surface area contributed by atoms with E-state index in [9.17, 15) is 4.79 Å². The summed E-state index contributed by atoms with van der Waals surface area (Å²) in [6.45, 7) is 4.38. The molecule has 120 valence electrons. The molecule has 2 rings (SSSR count). The Morgan fingerprint density at radius 3 is 2.45 bits per heavy atom. The lowest BCUT2D eigenvalue weighted by atomic mass is 9.95. The van der Waals surface area contributed by atoms with Crippen LogP contribution in [0.4, 0.5) is 5.69 Å². The summed E-state index contributed by atoms with van der Waals surface area (Å²) in [5, 5.41) is 6.07. The van der Waals surface area contributed by atoms with Crippen LogP contribution in [-0.4, -0.2) is 16.9 Å². The van der Waals surface area contributed by atoms with Gasteiger partial charge in [-0.3, -0.25) is 4.79 Å². The Kier molecular flexibility index (Phi) is 6.37. The van der Waals surface area contributed by atoms with E-state index in [-0.39, 0.29) is 5.91 Å². The van der Waals surface area contributed by atoms with E-state index in [1.807, 2.05) is 12.1 Å². The number of rotatable bonds is 4. The van der Waals surface area contributed by atoms with Crippen molar-refractivity contribution in [1.82, 2.24) is 5.32 Å². The van der Waals surface area contributed by atoms with E-state index < -0.39 is 0 Å². The molecule has 0 aromatic heterocycles. The van der Waals surface area contributed by atoms with Gasteiger partial charge in [0.2, 0.25) is 0 Å². The molecule has 1 aliphatic carbocycles. The second kappa shape index (κ2) is 8.28. The van der Waals surface area contributed by atoms with Crippen molar-refractivity contribution in [3.05, 3.63) is 29.8 Å². The van der Waals surface area contributed by atoms with Crippen molar-refractivity contribution in [3.63, 3.8) is 0 Å². The highest BCUT2D eigenvalue weighted by molar-refractivity contribution is 7.82. The molecule has 1 aromatic carbocycles. The molecule has 2 N–H and O–H groups in total. The molecule has 0 bridgehead atoms. The molecule has 3 nitrogen and oxygen atoms in total. The maximum absolute atomic E-state index is 12.1. The summed E-state index contributed by atoms with van der Waals surface area (Å²) in [4.78, 5) is 12.4. The number of amides is 1. The fourth-order valence-electron chi connectivity index (χ4n) is 2.82. The molecule has 1 fully saturated rings. The topological polar surface area (TPSA) is 41.1 Å². The van der Waals surface area contributed by atoms with Gasteiger partial charge < -0.3 is 10.6 Å². The lowest BCUT2D eigenvalue weighted by Crippen LogP contribution is -2.41. The number of thiocarbonyl (C=S) groups is 1. The fourth-order valence-corrected chi connectivity index (χ4v) is 3.03. The maximum atomic E-state index is 12.1. The van der Waals surface area contributed by atoms with Crippen LogP contribution in [0.25, 0.3) is 0 Å². The van der Waals surface area contributed by atoms with Gasteiger partial charge in [0, 0.05) is 11.7 Å². The smallest absolute Gasteiger partial charge is 0.283 e. The minimum Gasteiger partial charge on any atom is -0.369 e. The Balaban J connectivity index is 1.86. The van der Waals surface area contributed by atoms with E-state index in [1.54, 1.807) is 0 Å². The lowest BCUT2D eigenvalue weighted by Gasteiger charge is -2.23. The highest BCUT2D eigenvalue weighted by Gasteiger charge is 2.17. The highest BCUT2D eigenvalue weighted by atomic mass is 32.1. The second-order valence-electron chi connectivity index (χ2n) is 6.19. The third-order valence-corrected chi connectivity index (χ3v) is 4.80. The van der Waals surface area contributed by atoms with Crippen molar-refractivity contribution in [2.24, 2.45) is 0 Å². The number of benzene rings is 1. The number of nitrogens with one attached hydrogen (secondary N) is 2. The molecule has 0 aliphatic heterocycles. The van der Waals surface area contributed by atoms with E-state index in [4.69, 9.17) is 12.2 Å². The van der Waals surface area contributed by atoms with Crippen molar-refractivity contribution in [2.45, 2.75) is 64.3 Å². The van der Waals surface area contributed by atoms with Gasteiger partial charge in [-0.2, -0.15) is 0 Å². The first-order valence-corrected chi connectivity index (χ1v) is 8.72. The Labute approximate surface area is 138 Å². The average molecular weight is 318 g/mol. The molecule has 0 unspecified atom stereocenters. The predicted octanol–water partition coefficient (Wildman–Crippen LogP) is 4.39. The molecular formula is C18H26N2OS. The highest BCUT2D eigenvalue weighted by Crippen LogP contribution is 2.20. The molecular weight excluding hydrogens is 292 g/mol. The second-order valence-corrected chi connectivity index (χ2v) is 6.60. The van der Waals surface area contributed by atoms with Crippen LogP contribution in [-0.2, 0) is 4.79 Å². The summed E-state index contributed by atoms with van der Waals surface area (Å²) >= 11 is 5.22. The van der Waals surface area contributed by atoms with Crippen LogP contribution >= 0.6 is 12.2 Å². The number of anilines is 1. The van der Waals surface area contributed by atoms with Crippen LogP contribution in [0.5, 0.6) is 0 Å². The third-order valence-electron chi connectivity index (χ3n) is 4.50. The molecule has 4 heteroatoms. The zero-order valence-corrected chi connectivity index (χ0v) is 14.3. The largest absolute Gasteiger partial charge is 0.369 e. The van der Waals surface area contributed by atoms with Gasteiger partial charge in [0.15, 0.2) is 4.99 Å². The predicted molar refractivity (Wildman–Crippen MR) is 96.4 cm³/mol. The molecule has 0 saturated heterocycles. The zero-order chi connectivity index (χ0) is 15.9. The molecule has 1 aromatic rings. The maximum Gasteiger partial charge on any atom is 0.283 e. The normalized spacial score (nSPS) is 16.8. The summed E-state index contributed by atoms with van der Waals surface area (Å²) in [5.41, 5.74) is 2.09. The first kappa shape index (κ1) is 16.9. The van der Waals surface area contributed by atoms with Gasteiger partial charge in [0.25, 0.3) is 5.91 Å². The van der Waals surface area contributed by atoms with Crippen LogP contribution in [0.15, 0.2) is 24.3 Å². The van der Waals surface area contributed by atoms with E-state index in [2.05, 4.69) is 36.6 Å². The molecule has 1 saturated carbocycles. The molecule has 1 atom stereocenters. The summed E-state index contributed by atoms with van der Waals surface area (Å²) < 4.78 is 0. The Morgan fingerprint density at radius 2 is 1.86 bits per heavy atom. The standard InChI is InChI=1S/C18H26N2OS/c1-3-13(2)14-9-11-16(12-10-14)19-17(21)18(22)20-15-7-5-4-6-8-15/h9-13,15H,3-8H2,1-2H3,(H,19,21)(H,20,22)/t13-/m0/s1. The molecule has 22 heavy (non-hydrogen) atoms. The molecule has 0 heterocycles.